The number of fused-ring (bicyclic) bond motifs is 3. The number of thioether (sulfide) groups is 1. The second-order valence-corrected chi connectivity index (χ2v) is 10.3. The summed E-state index contributed by atoms with van der Waals surface area (Å²) in [6.07, 6.45) is 5.37. The van der Waals surface area contributed by atoms with Crippen molar-refractivity contribution in [1.82, 2.24) is 4.90 Å². The maximum Gasteiger partial charge on any atom is 0.305 e. The number of rotatable bonds is 5. The Kier molecular flexibility index (Phi) is 5.55. The molecule has 5 nitrogen and oxygen atoms in total. The molecule has 2 aromatic carbocycles. The first-order valence-electron chi connectivity index (χ1n) is 10.9. The quantitative estimate of drug-likeness (QED) is 0.468. The number of nitrogens with zero attached hydrogens (tertiary/aromatic N) is 2. The third kappa shape index (κ3) is 3.73. The lowest BCUT2D eigenvalue weighted by Gasteiger charge is -2.27. The SMILES string of the molecule is Cc1ccc(N2c3ccc(/C=C4/SC(=S)N(CCC(=O)O)C4=O)cc3C3CCCC32)cc1. The normalized spacial score (nSPS) is 23.2. The Bertz CT molecular complexity index is 1140. The summed E-state index contributed by atoms with van der Waals surface area (Å²) in [7, 11) is 0. The largest absolute Gasteiger partial charge is 0.481 e. The van der Waals surface area contributed by atoms with Crippen molar-refractivity contribution in [2.24, 2.45) is 0 Å². The van der Waals surface area contributed by atoms with E-state index in [1.165, 1.54) is 58.4 Å². The summed E-state index contributed by atoms with van der Waals surface area (Å²) in [6.45, 7) is 2.22. The molecule has 32 heavy (non-hydrogen) atoms. The fraction of sp³-hybridized carbons (Fsp3) is 0.320. The average molecular weight is 465 g/mol. The second-order valence-electron chi connectivity index (χ2n) is 8.61. The number of aliphatic carboxylic acids is 1. The van der Waals surface area contributed by atoms with E-state index in [0.29, 0.717) is 21.2 Å². The highest BCUT2D eigenvalue weighted by molar-refractivity contribution is 8.26. The van der Waals surface area contributed by atoms with Gasteiger partial charge in [-0.1, -0.05) is 54.2 Å². The van der Waals surface area contributed by atoms with Crippen molar-refractivity contribution < 1.29 is 14.7 Å². The van der Waals surface area contributed by atoms with Crippen molar-refractivity contribution in [3.8, 4) is 0 Å². The van der Waals surface area contributed by atoms with E-state index in [1.54, 1.807) is 0 Å². The molecule has 1 aliphatic carbocycles. The number of amides is 1. The monoisotopic (exact) mass is 464 g/mol. The predicted octanol–water partition coefficient (Wildman–Crippen LogP) is 5.46. The standard InChI is InChI=1S/C25H24N2O3S2/c1-15-5-8-17(9-6-15)27-20-4-2-3-18(20)19-13-16(7-10-21(19)27)14-22-24(30)26(25(31)32-22)12-11-23(28)29/h5-10,13-14,18,20H,2-4,11-12H2,1H3,(H,28,29)/b22-14+. The van der Waals surface area contributed by atoms with Gasteiger partial charge >= 0.3 is 5.97 Å². The van der Waals surface area contributed by atoms with Crippen LogP contribution in [0.2, 0.25) is 0 Å². The Hall–Kier alpha value is -2.64. The van der Waals surface area contributed by atoms with Gasteiger partial charge in [-0.3, -0.25) is 14.5 Å². The summed E-state index contributed by atoms with van der Waals surface area (Å²) in [5.41, 5.74) is 6.09. The van der Waals surface area contributed by atoms with Crippen molar-refractivity contribution in [2.75, 3.05) is 11.4 Å². The number of carboxylic acid groups (broad SMARTS) is 1. The number of hydrogen-bond acceptors (Lipinski definition) is 5. The van der Waals surface area contributed by atoms with Crippen LogP contribution in [-0.4, -0.2) is 38.8 Å². The Morgan fingerprint density at radius 2 is 2.00 bits per heavy atom. The minimum atomic E-state index is -0.939. The van der Waals surface area contributed by atoms with Crippen molar-refractivity contribution in [3.63, 3.8) is 0 Å². The smallest absolute Gasteiger partial charge is 0.305 e. The molecule has 2 aromatic rings. The molecule has 2 aliphatic heterocycles. The molecule has 0 bridgehead atoms. The molecule has 1 saturated heterocycles. The summed E-state index contributed by atoms with van der Waals surface area (Å²) in [5, 5.41) is 8.92. The summed E-state index contributed by atoms with van der Waals surface area (Å²) >= 11 is 6.56. The van der Waals surface area contributed by atoms with Crippen LogP contribution in [0.15, 0.2) is 47.4 Å². The molecule has 3 aliphatic rings. The Morgan fingerprint density at radius 3 is 2.75 bits per heavy atom. The van der Waals surface area contributed by atoms with E-state index < -0.39 is 5.97 Å². The number of carbonyl (C=O) groups is 2. The maximum atomic E-state index is 12.8. The molecule has 5 rings (SSSR count). The fourth-order valence-corrected chi connectivity index (χ4v) is 6.37. The van der Waals surface area contributed by atoms with Crippen LogP contribution in [0.4, 0.5) is 11.4 Å². The number of benzene rings is 2. The summed E-state index contributed by atoms with van der Waals surface area (Å²) in [6, 6.07) is 15.7. The van der Waals surface area contributed by atoms with E-state index in [0.717, 1.165) is 5.56 Å². The van der Waals surface area contributed by atoms with Gasteiger partial charge in [-0.05, 0) is 61.2 Å². The van der Waals surface area contributed by atoms with Gasteiger partial charge in [0.2, 0.25) is 0 Å². The number of carboxylic acids is 1. The van der Waals surface area contributed by atoms with E-state index in [-0.39, 0.29) is 18.9 Å². The zero-order chi connectivity index (χ0) is 22.4. The molecule has 2 unspecified atom stereocenters. The van der Waals surface area contributed by atoms with Crippen molar-refractivity contribution in [3.05, 3.63) is 64.1 Å². The Balaban J connectivity index is 1.45. The van der Waals surface area contributed by atoms with Crippen molar-refractivity contribution in [1.29, 1.82) is 0 Å². The van der Waals surface area contributed by atoms with E-state index in [1.807, 2.05) is 6.08 Å². The first kappa shape index (κ1) is 21.2. The van der Waals surface area contributed by atoms with Crippen LogP contribution in [-0.2, 0) is 9.59 Å². The molecule has 2 fully saturated rings. The number of aryl methyl sites for hydroxylation is 1. The molecular weight excluding hydrogens is 440 g/mol. The van der Waals surface area contributed by atoms with Crippen molar-refractivity contribution in [2.45, 2.75) is 44.6 Å². The first-order chi connectivity index (χ1) is 15.4. The summed E-state index contributed by atoms with van der Waals surface area (Å²) < 4.78 is 0.421. The highest BCUT2D eigenvalue weighted by Gasteiger charge is 2.42. The number of carbonyl (C=O) groups excluding carboxylic acids is 1. The lowest BCUT2D eigenvalue weighted by molar-refractivity contribution is -0.137. The maximum absolute atomic E-state index is 12.8. The van der Waals surface area contributed by atoms with Gasteiger partial charge in [0, 0.05) is 29.9 Å². The van der Waals surface area contributed by atoms with Gasteiger partial charge in [-0.15, -0.1) is 0 Å². The van der Waals surface area contributed by atoms with Gasteiger partial charge in [0.15, 0.2) is 0 Å². The van der Waals surface area contributed by atoms with Gasteiger partial charge in [0.25, 0.3) is 5.91 Å². The first-order valence-corrected chi connectivity index (χ1v) is 12.1. The third-order valence-corrected chi connectivity index (χ3v) is 7.93. The fourth-order valence-electron chi connectivity index (χ4n) is 5.06. The molecule has 1 amide bonds. The Morgan fingerprint density at radius 1 is 1.22 bits per heavy atom. The van der Waals surface area contributed by atoms with Crippen LogP contribution in [0.25, 0.3) is 6.08 Å². The second kappa shape index (κ2) is 8.37. The van der Waals surface area contributed by atoms with E-state index in [4.69, 9.17) is 17.3 Å². The lowest BCUT2D eigenvalue weighted by atomic mass is 9.96. The van der Waals surface area contributed by atoms with Gasteiger partial charge in [0.1, 0.15) is 4.32 Å². The van der Waals surface area contributed by atoms with Gasteiger partial charge in [0.05, 0.1) is 11.3 Å². The van der Waals surface area contributed by atoms with Gasteiger partial charge in [-0.25, -0.2) is 0 Å². The van der Waals surface area contributed by atoms with E-state index in [9.17, 15) is 9.59 Å². The van der Waals surface area contributed by atoms with E-state index >= 15 is 0 Å². The lowest BCUT2D eigenvalue weighted by Crippen LogP contribution is -2.30. The highest BCUT2D eigenvalue weighted by atomic mass is 32.2. The van der Waals surface area contributed by atoms with Crippen LogP contribution < -0.4 is 4.90 Å². The summed E-state index contributed by atoms with van der Waals surface area (Å²) in [4.78, 5) is 28.1. The number of anilines is 2. The van der Waals surface area contributed by atoms with Crippen LogP contribution in [0, 0.1) is 6.92 Å². The molecule has 0 spiro atoms. The minimum absolute atomic E-state index is 0.108. The molecule has 0 radical (unpaired) electrons. The molecule has 1 saturated carbocycles. The van der Waals surface area contributed by atoms with Crippen LogP contribution in [0.5, 0.6) is 0 Å². The average Bonchev–Trinajstić information content (AvgIpc) is 3.41. The molecular formula is C25H24N2O3S2. The van der Waals surface area contributed by atoms with Crippen LogP contribution in [0.1, 0.15) is 48.3 Å². The molecule has 0 aromatic heterocycles. The van der Waals surface area contributed by atoms with Gasteiger partial charge in [-0.2, -0.15) is 0 Å². The zero-order valence-electron chi connectivity index (χ0n) is 17.8. The van der Waals surface area contributed by atoms with Crippen LogP contribution >= 0.6 is 24.0 Å². The predicted molar refractivity (Wildman–Crippen MR) is 132 cm³/mol. The minimum Gasteiger partial charge on any atom is -0.481 e. The molecule has 7 heteroatoms. The molecule has 1 N–H and O–H groups in total. The topological polar surface area (TPSA) is 60.9 Å². The Labute approximate surface area is 197 Å². The van der Waals surface area contributed by atoms with Gasteiger partial charge < -0.3 is 10.0 Å². The van der Waals surface area contributed by atoms with E-state index in [2.05, 4.69) is 54.3 Å². The number of hydrogen-bond donors (Lipinski definition) is 1. The summed E-state index contributed by atoms with van der Waals surface area (Å²) in [5.74, 6) is -0.641. The van der Waals surface area contributed by atoms with Crippen molar-refractivity contribution >= 4 is 57.6 Å². The highest BCUT2D eigenvalue weighted by Crippen LogP contribution is 2.52. The number of thiocarbonyl (C=S) groups is 1. The molecule has 2 heterocycles. The van der Waals surface area contributed by atoms with Crippen LogP contribution in [0.3, 0.4) is 0 Å². The third-order valence-electron chi connectivity index (χ3n) is 6.55. The molecule has 164 valence electrons. The zero-order valence-corrected chi connectivity index (χ0v) is 19.4. The molecule has 2 atom stereocenters.